The lowest BCUT2D eigenvalue weighted by Gasteiger charge is -2.46. The summed E-state index contributed by atoms with van der Waals surface area (Å²) in [7, 11) is 3.69. The SMILES string of the molecule is COc1ccc(C(=O)N2CCOC3(CCN(C)CC3)C2)cc1Cl. The molecule has 0 aromatic heterocycles. The second-order valence-electron chi connectivity index (χ2n) is 6.41. The minimum absolute atomic E-state index is 0.0103. The van der Waals surface area contributed by atoms with Gasteiger partial charge >= 0.3 is 0 Å². The standard InChI is InChI=1S/C17H23ClN2O3/c1-19-7-5-17(6-8-19)12-20(9-10-23-17)16(21)13-3-4-15(22-2)14(18)11-13/h3-4,11H,5-10,12H2,1-2H3. The van der Waals surface area contributed by atoms with Crippen molar-refractivity contribution < 1.29 is 14.3 Å². The Balaban J connectivity index is 1.73. The Morgan fingerprint density at radius 2 is 2.04 bits per heavy atom. The molecule has 2 aliphatic heterocycles. The molecule has 3 rings (SSSR count). The number of carbonyl (C=O) groups is 1. The summed E-state index contributed by atoms with van der Waals surface area (Å²) in [5, 5.41) is 0.459. The van der Waals surface area contributed by atoms with E-state index in [0.29, 0.717) is 36.0 Å². The smallest absolute Gasteiger partial charge is 0.254 e. The van der Waals surface area contributed by atoms with Crippen LogP contribution in [0.4, 0.5) is 0 Å². The van der Waals surface area contributed by atoms with Crippen LogP contribution in [0.1, 0.15) is 23.2 Å². The second kappa shape index (κ2) is 6.67. The highest BCUT2D eigenvalue weighted by Gasteiger charge is 2.40. The minimum atomic E-state index is -0.184. The first-order valence-electron chi connectivity index (χ1n) is 7.98. The molecule has 2 saturated heterocycles. The molecule has 0 saturated carbocycles. The first-order chi connectivity index (χ1) is 11.0. The van der Waals surface area contributed by atoms with Gasteiger partial charge in [-0.2, -0.15) is 0 Å². The van der Waals surface area contributed by atoms with Gasteiger partial charge in [-0.25, -0.2) is 0 Å². The first kappa shape index (κ1) is 16.6. The quantitative estimate of drug-likeness (QED) is 0.829. The summed E-state index contributed by atoms with van der Waals surface area (Å²) >= 11 is 6.14. The van der Waals surface area contributed by atoms with E-state index in [2.05, 4.69) is 11.9 Å². The van der Waals surface area contributed by atoms with Crippen molar-refractivity contribution in [2.24, 2.45) is 0 Å². The number of carbonyl (C=O) groups excluding carboxylic acids is 1. The third kappa shape index (κ3) is 3.47. The van der Waals surface area contributed by atoms with E-state index in [9.17, 15) is 4.79 Å². The molecule has 2 aliphatic rings. The molecule has 2 heterocycles. The Hall–Kier alpha value is -1.30. The number of morpholine rings is 1. The van der Waals surface area contributed by atoms with Crippen LogP contribution in [0.15, 0.2) is 18.2 Å². The van der Waals surface area contributed by atoms with Crippen molar-refractivity contribution in [3.05, 3.63) is 28.8 Å². The Labute approximate surface area is 142 Å². The molecule has 0 radical (unpaired) electrons. The van der Waals surface area contributed by atoms with Crippen LogP contribution in [0.2, 0.25) is 5.02 Å². The van der Waals surface area contributed by atoms with E-state index >= 15 is 0 Å². The molecule has 5 nitrogen and oxygen atoms in total. The molecule has 0 N–H and O–H groups in total. The molecule has 1 spiro atoms. The molecular weight excluding hydrogens is 316 g/mol. The van der Waals surface area contributed by atoms with Gasteiger partial charge in [0.1, 0.15) is 5.75 Å². The van der Waals surface area contributed by atoms with E-state index in [-0.39, 0.29) is 11.5 Å². The first-order valence-corrected chi connectivity index (χ1v) is 8.36. The van der Waals surface area contributed by atoms with E-state index in [0.717, 1.165) is 25.9 Å². The summed E-state index contributed by atoms with van der Waals surface area (Å²) in [5.41, 5.74) is 0.414. The average molecular weight is 339 g/mol. The molecular formula is C17H23ClN2O3. The summed E-state index contributed by atoms with van der Waals surface area (Å²) in [5.74, 6) is 0.591. The molecule has 126 valence electrons. The van der Waals surface area contributed by atoms with Crippen LogP contribution in [-0.2, 0) is 4.74 Å². The summed E-state index contributed by atoms with van der Waals surface area (Å²) < 4.78 is 11.2. The van der Waals surface area contributed by atoms with Crippen molar-refractivity contribution in [2.45, 2.75) is 18.4 Å². The molecule has 6 heteroatoms. The number of likely N-dealkylation sites (tertiary alicyclic amines) is 1. The highest BCUT2D eigenvalue weighted by Crippen LogP contribution is 2.31. The largest absolute Gasteiger partial charge is 0.495 e. The predicted octanol–water partition coefficient (Wildman–Crippen LogP) is 2.29. The Morgan fingerprint density at radius 3 is 2.70 bits per heavy atom. The zero-order chi connectivity index (χ0) is 16.4. The lowest BCUT2D eigenvalue weighted by atomic mass is 9.89. The number of benzene rings is 1. The van der Waals surface area contributed by atoms with Gasteiger partial charge < -0.3 is 19.3 Å². The number of hydrogen-bond acceptors (Lipinski definition) is 4. The van der Waals surface area contributed by atoms with Gasteiger partial charge in [-0.05, 0) is 38.1 Å². The number of hydrogen-bond donors (Lipinski definition) is 0. The fraction of sp³-hybridized carbons (Fsp3) is 0.588. The maximum atomic E-state index is 12.8. The Bertz CT molecular complexity index is 585. The van der Waals surface area contributed by atoms with Crippen molar-refractivity contribution in [3.63, 3.8) is 0 Å². The highest BCUT2D eigenvalue weighted by molar-refractivity contribution is 6.32. The van der Waals surface area contributed by atoms with Gasteiger partial charge in [-0.1, -0.05) is 11.6 Å². The third-order valence-corrected chi connectivity index (χ3v) is 5.13. The molecule has 2 fully saturated rings. The summed E-state index contributed by atoms with van der Waals surface area (Å²) in [6, 6.07) is 5.19. The molecule has 0 bridgehead atoms. The van der Waals surface area contributed by atoms with Crippen molar-refractivity contribution in [2.75, 3.05) is 46.9 Å². The Kier molecular flexibility index (Phi) is 4.80. The average Bonchev–Trinajstić information content (AvgIpc) is 2.57. The van der Waals surface area contributed by atoms with Gasteiger partial charge in [-0.15, -0.1) is 0 Å². The van der Waals surface area contributed by atoms with Gasteiger partial charge in [0.2, 0.25) is 0 Å². The molecule has 0 atom stereocenters. The maximum absolute atomic E-state index is 12.8. The fourth-order valence-corrected chi connectivity index (χ4v) is 3.59. The number of methoxy groups -OCH3 is 1. The number of piperidine rings is 1. The minimum Gasteiger partial charge on any atom is -0.495 e. The van der Waals surface area contributed by atoms with Gasteiger partial charge in [0, 0.05) is 25.2 Å². The van der Waals surface area contributed by atoms with Gasteiger partial charge in [0.25, 0.3) is 5.91 Å². The lowest BCUT2D eigenvalue weighted by molar-refractivity contribution is -0.125. The fourth-order valence-electron chi connectivity index (χ4n) is 3.33. The van der Waals surface area contributed by atoms with Gasteiger partial charge in [0.05, 0.1) is 30.9 Å². The van der Waals surface area contributed by atoms with E-state index in [1.807, 2.05) is 4.90 Å². The van der Waals surface area contributed by atoms with Crippen LogP contribution in [-0.4, -0.2) is 68.3 Å². The van der Waals surface area contributed by atoms with E-state index in [4.69, 9.17) is 21.1 Å². The number of amides is 1. The van der Waals surface area contributed by atoms with Crippen LogP contribution in [0.5, 0.6) is 5.75 Å². The van der Waals surface area contributed by atoms with E-state index in [1.165, 1.54) is 0 Å². The molecule has 1 aromatic carbocycles. The highest BCUT2D eigenvalue weighted by atomic mass is 35.5. The Morgan fingerprint density at radius 1 is 1.30 bits per heavy atom. The second-order valence-corrected chi connectivity index (χ2v) is 6.82. The number of nitrogens with zero attached hydrogens (tertiary/aromatic N) is 2. The topological polar surface area (TPSA) is 42.0 Å². The normalized spacial score (nSPS) is 21.4. The predicted molar refractivity (Wildman–Crippen MR) is 89.3 cm³/mol. The molecule has 0 unspecified atom stereocenters. The molecule has 23 heavy (non-hydrogen) atoms. The lowest BCUT2D eigenvalue weighted by Crippen LogP contribution is -2.57. The molecule has 1 amide bonds. The summed E-state index contributed by atoms with van der Waals surface area (Å²) in [6.45, 7) is 3.90. The zero-order valence-electron chi connectivity index (χ0n) is 13.7. The van der Waals surface area contributed by atoms with Crippen LogP contribution >= 0.6 is 11.6 Å². The van der Waals surface area contributed by atoms with E-state index < -0.39 is 0 Å². The van der Waals surface area contributed by atoms with E-state index in [1.54, 1.807) is 25.3 Å². The number of ether oxygens (including phenoxy) is 2. The van der Waals surface area contributed by atoms with Crippen molar-refractivity contribution in [1.29, 1.82) is 0 Å². The number of rotatable bonds is 2. The van der Waals surface area contributed by atoms with Crippen LogP contribution in [0.25, 0.3) is 0 Å². The van der Waals surface area contributed by atoms with Crippen molar-refractivity contribution in [3.8, 4) is 5.75 Å². The van der Waals surface area contributed by atoms with Gasteiger partial charge in [0.15, 0.2) is 0 Å². The summed E-state index contributed by atoms with van der Waals surface area (Å²) in [6.07, 6.45) is 1.94. The monoisotopic (exact) mass is 338 g/mol. The van der Waals surface area contributed by atoms with Crippen LogP contribution in [0, 0.1) is 0 Å². The number of halogens is 1. The van der Waals surface area contributed by atoms with Crippen molar-refractivity contribution in [1.82, 2.24) is 9.80 Å². The van der Waals surface area contributed by atoms with Gasteiger partial charge in [-0.3, -0.25) is 4.79 Å². The zero-order valence-corrected chi connectivity index (χ0v) is 14.4. The molecule has 0 aliphatic carbocycles. The summed E-state index contributed by atoms with van der Waals surface area (Å²) in [4.78, 5) is 17.0. The molecule has 1 aromatic rings. The third-order valence-electron chi connectivity index (χ3n) is 4.83. The van der Waals surface area contributed by atoms with Crippen LogP contribution < -0.4 is 4.74 Å². The van der Waals surface area contributed by atoms with Crippen molar-refractivity contribution >= 4 is 17.5 Å². The van der Waals surface area contributed by atoms with Crippen LogP contribution in [0.3, 0.4) is 0 Å². The maximum Gasteiger partial charge on any atom is 0.254 e.